The number of rotatable bonds is 5. The van der Waals surface area contributed by atoms with Gasteiger partial charge in [-0.2, -0.15) is 0 Å². The summed E-state index contributed by atoms with van der Waals surface area (Å²) in [6, 6.07) is 4.38. The molecule has 8 heteroatoms. The standard InChI is InChI=1S/C14H13ClN2O4S/c1-22(19,20)17-9-4-5-10(12(15)6-9)13(18)11-7-16-21-14(11)8-2-3-8/h4-8,17H,2-3H2,1H3. The molecule has 1 N–H and O–H groups in total. The molecule has 6 nitrogen and oxygen atoms in total. The Morgan fingerprint density at radius 3 is 2.68 bits per heavy atom. The van der Waals surface area contributed by atoms with Crippen LogP contribution < -0.4 is 4.72 Å². The summed E-state index contributed by atoms with van der Waals surface area (Å²) >= 11 is 6.11. The van der Waals surface area contributed by atoms with E-state index in [1.807, 2.05) is 0 Å². The van der Waals surface area contributed by atoms with Crippen LogP contribution in [-0.2, 0) is 10.0 Å². The fourth-order valence-corrected chi connectivity index (χ4v) is 3.00. The van der Waals surface area contributed by atoms with Crippen LogP contribution in [-0.4, -0.2) is 25.6 Å². The minimum absolute atomic E-state index is 0.168. The first-order valence-electron chi connectivity index (χ1n) is 6.62. The molecule has 3 rings (SSSR count). The van der Waals surface area contributed by atoms with Crippen LogP contribution >= 0.6 is 11.6 Å². The van der Waals surface area contributed by atoms with E-state index in [1.165, 1.54) is 24.4 Å². The summed E-state index contributed by atoms with van der Waals surface area (Å²) in [6.45, 7) is 0. The number of anilines is 1. The molecule has 1 fully saturated rings. The lowest BCUT2D eigenvalue weighted by atomic mass is 10.0. The number of hydrogen-bond donors (Lipinski definition) is 1. The van der Waals surface area contributed by atoms with Gasteiger partial charge in [0.05, 0.1) is 23.0 Å². The van der Waals surface area contributed by atoms with Crippen LogP contribution in [0.5, 0.6) is 0 Å². The average Bonchev–Trinajstić information content (AvgIpc) is 3.14. The average molecular weight is 341 g/mol. The van der Waals surface area contributed by atoms with Crippen molar-refractivity contribution in [3.05, 3.63) is 46.3 Å². The molecule has 0 bridgehead atoms. The summed E-state index contributed by atoms with van der Waals surface area (Å²) in [6.07, 6.45) is 4.41. The molecule has 1 aliphatic carbocycles. The number of ketones is 1. The minimum Gasteiger partial charge on any atom is -0.360 e. The van der Waals surface area contributed by atoms with Crippen molar-refractivity contribution < 1.29 is 17.7 Å². The van der Waals surface area contributed by atoms with Gasteiger partial charge in [-0.05, 0) is 31.0 Å². The second-order valence-electron chi connectivity index (χ2n) is 5.28. The fraction of sp³-hybridized carbons (Fsp3) is 0.286. The predicted molar refractivity (Wildman–Crippen MR) is 81.8 cm³/mol. The molecule has 0 unspecified atom stereocenters. The van der Waals surface area contributed by atoms with Gasteiger partial charge in [-0.25, -0.2) is 8.42 Å². The van der Waals surface area contributed by atoms with E-state index in [4.69, 9.17) is 16.1 Å². The van der Waals surface area contributed by atoms with Crippen LogP contribution in [0, 0.1) is 0 Å². The molecule has 0 saturated heterocycles. The van der Waals surface area contributed by atoms with Crippen LogP contribution in [0.25, 0.3) is 0 Å². The number of nitrogens with one attached hydrogen (secondary N) is 1. The summed E-state index contributed by atoms with van der Waals surface area (Å²) in [4.78, 5) is 12.6. The number of halogens is 1. The monoisotopic (exact) mass is 340 g/mol. The van der Waals surface area contributed by atoms with E-state index in [9.17, 15) is 13.2 Å². The SMILES string of the molecule is CS(=O)(=O)Nc1ccc(C(=O)c2cnoc2C2CC2)c(Cl)c1. The van der Waals surface area contributed by atoms with Crippen molar-refractivity contribution in [3.63, 3.8) is 0 Å². The van der Waals surface area contributed by atoms with Gasteiger partial charge >= 0.3 is 0 Å². The normalized spacial score (nSPS) is 14.8. The number of nitrogens with zero attached hydrogens (tertiary/aromatic N) is 1. The van der Waals surface area contributed by atoms with Crippen molar-refractivity contribution in [3.8, 4) is 0 Å². The maximum Gasteiger partial charge on any atom is 0.229 e. The Balaban J connectivity index is 1.91. The van der Waals surface area contributed by atoms with Crippen molar-refractivity contribution in [2.45, 2.75) is 18.8 Å². The Kier molecular flexibility index (Phi) is 3.70. The topological polar surface area (TPSA) is 89.3 Å². The number of carbonyl (C=O) groups is 1. The van der Waals surface area contributed by atoms with E-state index < -0.39 is 10.0 Å². The number of benzene rings is 1. The number of sulfonamides is 1. The van der Waals surface area contributed by atoms with Crippen LogP contribution in [0.15, 0.2) is 28.9 Å². The van der Waals surface area contributed by atoms with Crippen molar-refractivity contribution in [1.82, 2.24) is 5.16 Å². The second kappa shape index (κ2) is 5.40. The van der Waals surface area contributed by atoms with Gasteiger partial charge in [-0.15, -0.1) is 0 Å². The van der Waals surface area contributed by atoms with Gasteiger partial charge in [0.25, 0.3) is 0 Å². The third-order valence-corrected chi connectivity index (χ3v) is 4.23. The molecule has 2 aromatic rings. The van der Waals surface area contributed by atoms with E-state index in [1.54, 1.807) is 0 Å². The Labute approximate surface area is 132 Å². The molecular weight excluding hydrogens is 328 g/mol. The third-order valence-electron chi connectivity index (χ3n) is 3.31. The van der Waals surface area contributed by atoms with Gasteiger partial charge in [0.2, 0.25) is 10.0 Å². The highest BCUT2D eigenvalue weighted by atomic mass is 35.5. The summed E-state index contributed by atoms with van der Waals surface area (Å²) in [5.41, 5.74) is 0.996. The molecule has 0 atom stereocenters. The molecule has 0 amide bonds. The lowest BCUT2D eigenvalue weighted by Gasteiger charge is -2.07. The van der Waals surface area contributed by atoms with Gasteiger partial charge in [-0.1, -0.05) is 16.8 Å². The highest BCUT2D eigenvalue weighted by Crippen LogP contribution is 2.42. The number of aromatic nitrogens is 1. The van der Waals surface area contributed by atoms with Crippen LogP contribution in [0.1, 0.15) is 40.4 Å². The molecule has 22 heavy (non-hydrogen) atoms. The fourth-order valence-electron chi connectivity index (χ4n) is 2.18. The van der Waals surface area contributed by atoms with Gasteiger partial charge < -0.3 is 4.52 Å². The van der Waals surface area contributed by atoms with Gasteiger partial charge in [-0.3, -0.25) is 9.52 Å². The zero-order chi connectivity index (χ0) is 15.9. The highest BCUT2D eigenvalue weighted by molar-refractivity contribution is 7.92. The maximum atomic E-state index is 12.6. The predicted octanol–water partition coefficient (Wildman–Crippen LogP) is 2.81. The molecule has 1 heterocycles. The first kappa shape index (κ1) is 15.1. The molecule has 0 radical (unpaired) electrons. The first-order valence-corrected chi connectivity index (χ1v) is 8.88. The highest BCUT2D eigenvalue weighted by Gasteiger charge is 2.33. The van der Waals surface area contributed by atoms with E-state index in [0.717, 1.165) is 19.1 Å². The van der Waals surface area contributed by atoms with Crippen molar-refractivity contribution in [1.29, 1.82) is 0 Å². The van der Waals surface area contributed by atoms with Crippen LogP contribution in [0.4, 0.5) is 5.69 Å². The van der Waals surface area contributed by atoms with Gasteiger partial charge in [0.15, 0.2) is 11.5 Å². The van der Waals surface area contributed by atoms with Gasteiger partial charge in [0, 0.05) is 17.2 Å². The maximum absolute atomic E-state index is 12.6. The largest absolute Gasteiger partial charge is 0.360 e. The molecular formula is C14H13ClN2O4S. The Morgan fingerprint density at radius 1 is 1.36 bits per heavy atom. The Morgan fingerprint density at radius 2 is 2.09 bits per heavy atom. The van der Waals surface area contributed by atoms with Crippen LogP contribution in [0.2, 0.25) is 5.02 Å². The Hall–Kier alpha value is -1.86. The summed E-state index contributed by atoms with van der Waals surface area (Å²) in [5.74, 6) is 0.574. The number of carbonyl (C=O) groups excluding carboxylic acids is 1. The third kappa shape index (κ3) is 3.15. The molecule has 1 aliphatic rings. The lowest BCUT2D eigenvalue weighted by Crippen LogP contribution is -2.10. The van der Waals surface area contributed by atoms with Crippen LogP contribution in [0.3, 0.4) is 0 Å². The van der Waals surface area contributed by atoms with E-state index in [0.29, 0.717) is 17.0 Å². The van der Waals surface area contributed by atoms with Gasteiger partial charge in [0.1, 0.15) is 0 Å². The van der Waals surface area contributed by atoms with E-state index in [-0.39, 0.29) is 22.3 Å². The molecule has 0 spiro atoms. The van der Waals surface area contributed by atoms with E-state index >= 15 is 0 Å². The molecule has 0 aliphatic heterocycles. The summed E-state index contributed by atoms with van der Waals surface area (Å²) in [7, 11) is -3.40. The first-order chi connectivity index (χ1) is 10.3. The van der Waals surface area contributed by atoms with Crippen molar-refractivity contribution in [2.24, 2.45) is 0 Å². The number of hydrogen-bond acceptors (Lipinski definition) is 5. The summed E-state index contributed by atoms with van der Waals surface area (Å²) in [5, 5.41) is 3.86. The zero-order valence-electron chi connectivity index (χ0n) is 11.7. The molecule has 1 saturated carbocycles. The zero-order valence-corrected chi connectivity index (χ0v) is 13.2. The molecule has 116 valence electrons. The quantitative estimate of drug-likeness (QED) is 0.845. The minimum atomic E-state index is -3.40. The Bertz CT molecular complexity index is 840. The lowest BCUT2D eigenvalue weighted by molar-refractivity contribution is 0.103. The second-order valence-corrected chi connectivity index (χ2v) is 7.43. The van der Waals surface area contributed by atoms with Crippen molar-refractivity contribution in [2.75, 3.05) is 11.0 Å². The smallest absolute Gasteiger partial charge is 0.229 e. The molecule has 1 aromatic carbocycles. The molecule has 1 aromatic heterocycles. The summed E-state index contributed by atoms with van der Waals surface area (Å²) < 4.78 is 29.9. The van der Waals surface area contributed by atoms with E-state index in [2.05, 4.69) is 9.88 Å². The van der Waals surface area contributed by atoms with Crippen molar-refractivity contribution >= 4 is 33.1 Å².